The Morgan fingerprint density at radius 3 is 1.70 bits per heavy atom. The summed E-state index contributed by atoms with van der Waals surface area (Å²) in [6, 6.07) is 61.1. The van der Waals surface area contributed by atoms with Gasteiger partial charge in [0.15, 0.2) is 17.5 Å². The summed E-state index contributed by atoms with van der Waals surface area (Å²) in [7, 11) is 0. The van der Waals surface area contributed by atoms with Crippen molar-refractivity contribution in [1.82, 2.24) is 24.5 Å². The van der Waals surface area contributed by atoms with Crippen LogP contribution in [0.4, 0.5) is 0 Å². The van der Waals surface area contributed by atoms with Crippen molar-refractivity contribution >= 4 is 76.5 Å². The molecular weight excluding hydrogens is 751 g/mol. The Morgan fingerprint density at radius 1 is 0.377 bits per heavy atom. The van der Waals surface area contributed by atoms with Gasteiger partial charge >= 0.3 is 0 Å². The zero-order valence-electron chi connectivity index (χ0n) is 32.5. The molecule has 7 heteroatoms. The van der Waals surface area contributed by atoms with Crippen LogP contribution < -0.4 is 0 Å². The molecule has 5 heterocycles. The Labute approximate surface area is 347 Å². The molecule has 0 spiro atoms. The van der Waals surface area contributed by atoms with Crippen molar-refractivity contribution in [3.8, 4) is 51.0 Å². The van der Waals surface area contributed by atoms with Crippen LogP contribution in [0.15, 0.2) is 197 Å². The molecule has 0 unspecified atom stereocenters. The standard InChI is InChI=1S/C54H31N5O2/c1-2-10-37-34(9-1)25-28-46-49(37)41-12-3-5-17-45(41)59(46)36-26-23-33(24-27-36)32-19-21-35(22-20-32)52-56-53(42-15-7-13-39-38-11-4-6-18-47(38)60-50(39)42)58-54(57-52)43-16-8-14-40-44-31-55-30-29-48(44)61-51(40)43/h1-31H. The number of furan rings is 2. The second-order valence-electron chi connectivity index (χ2n) is 15.4. The van der Waals surface area contributed by atoms with Crippen LogP contribution in [0.1, 0.15) is 0 Å². The Morgan fingerprint density at radius 2 is 0.951 bits per heavy atom. The molecule has 0 atom stereocenters. The van der Waals surface area contributed by atoms with E-state index in [9.17, 15) is 0 Å². The average molecular weight is 782 g/mol. The number of para-hydroxylation sites is 4. The van der Waals surface area contributed by atoms with Crippen molar-refractivity contribution in [1.29, 1.82) is 0 Å². The molecule has 284 valence electrons. The molecule has 0 saturated heterocycles. The molecule has 0 aliphatic heterocycles. The van der Waals surface area contributed by atoms with Crippen LogP contribution in [0.25, 0.3) is 127 Å². The van der Waals surface area contributed by atoms with Crippen molar-refractivity contribution in [2.24, 2.45) is 0 Å². The summed E-state index contributed by atoms with van der Waals surface area (Å²) in [6.45, 7) is 0. The molecule has 0 aliphatic carbocycles. The second kappa shape index (κ2) is 13.0. The minimum Gasteiger partial charge on any atom is -0.455 e. The summed E-state index contributed by atoms with van der Waals surface area (Å²) in [5.41, 5.74) is 11.1. The maximum Gasteiger partial charge on any atom is 0.167 e. The highest BCUT2D eigenvalue weighted by Crippen LogP contribution is 2.40. The van der Waals surface area contributed by atoms with Gasteiger partial charge in [-0.2, -0.15) is 0 Å². The first-order valence-corrected chi connectivity index (χ1v) is 20.3. The number of benzene rings is 8. The quantitative estimate of drug-likeness (QED) is 0.173. The third kappa shape index (κ3) is 5.17. The van der Waals surface area contributed by atoms with Gasteiger partial charge in [-0.3, -0.25) is 4.98 Å². The Balaban J connectivity index is 0.920. The monoisotopic (exact) mass is 781 g/mol. The van der Waals surface area contributed by atoms with Gasteiger partial charge in [-0.05, 0) is 70.4 Å². The minimum absolute atomic E-state index is 0.503. The van der Waals surface area contributed by atoms with Crippen molar-refractivity contribution in [3.05, 3.63) is 188 Å². The second-order valence-corrected chi connectivity index (χ2v) is 15.4. The lowest BCUT2D eigenvalue weighted by molar-refractivity contribution is 0.669. The smallest absolute Gasteiger partial charge is 0.167 e. The van der Waals surface area contributed by atoms with Crippen LogP contribution in [0.2, 0.25) is 0 Å². The predicted molar refractivity (Wildman–Crippen MR) is 246 cm³/mol. The normalized spacial score (nSPS) is 11.9. The largest absolute Gasteiger partial charge is 0.455 e. The van der Waals surface area contributed by atoms with E-state index in [0.717, 1.165) is 71.8 Å². The number of hydrogen-bond donors (Lipinski definition) is 0. The average Bonchev–Trinajstić information content (AvgIpc) is 4.01. The van der Waals surface area contributed by atoms with E-state index < -0.39 is 0 Å². The third-order valence-electron chi connectivity index (χ3n) is 12.0. The number of nitrogens with zero attached hydrogens (tertiary/aromatic N) is 5. The van der Waals surface area contributed by atoms with Crippen molar-refractivity contribution in [2.75, 3.05) is 0 Å². The summed E-state index contributed by atoms with van der Waals surface area (Å²) >= 11 is 0. The van der Waals surface area contributed by atoms with Crippen molar-refractivity contribution in [3.63, 3.8) is 0 Å². The molecule has 8 aromatic carbocycles. The third-order valence-corrected chi connectivity index (χ3v) is 12.0. The van der Waals surface area contributed by atoms with Gasteiger partial charge in [-0.25, -0.2) is 15.0 Å². The maximum absolute atomic E-state index is 6.47. The maximum atomic E-state index is 6.47. The van der Waals surface area contributed by atoms with Gasteiger partial charge in [0, 0.05) is 56.0 Å². The first-order chi connectivity index (χ1) is 30.2. The molecule has 0 amide bonds. The van der Waals surface area contributed by atoms with Crippen molar-refractivity contribution in [2.45, 2.75) is 0 Å². The van der Waals surface area contributed by atoms with E-state index in [1.165, 1.54) is 32.6 Å². The number of aromatic nitrogens is 5. The highest BCUT2D eigenvalue weighted by molar-refractivity contribution is 6.21. The van der Waals surface area contributed by atoms with E-state index in [4.69, 9.17) is 23.8 Å². The van der Waals surface area contributed by atoms with E-state index in [1.54, 1.807) is 6.20 Å². The lowest BCUT2D eigenvalue weighted by Crippen LogP contribution is -2.00. The number of pyridine rings is 1. The lowest BCUT2D eigenvalue weighted by atomic mass is 10.0. The van der Waals surface area contributed by atoms with Crippen LogP contribution in [-0.4, -0.2) is 24.5 Å². The molecule has 0 fully saturated rings. The summed E-state index contributed by atoms with van der Waals surface area (Å²) in [6.07, 6.45) is 3.57. The number of hydrogen-bond acceptors (Lipinski definition) is 6. The molecule has 7 nitrogen and oxygen atoms in total. The van der Waals surface area contributed by atoms with Crippen LogP contribution in [0, 0.1) is 0 Å². The highest BCUT2D eigenvalue weighted by atomic mass is 16.3. The molecule has 0 radical (unpaired) electrons. The van der Waals surface area contributed by atoms with Crippen LogP contribution in [0.3, 0.4) is 0 Å². The molecule has 61 heavy (non-hydrogen) atoms. The van der Waals surface area contributed by atoms with E-state index in [2.05, 4.69) is 131 Å². The number of rotatable bonds is 5. The van der Waals surface area contributed by atoms with E-state index in [-0.39, 0.29) is 0 Å². The Hall–Kier alpha value is -8.42. The number of fused-ring (bicyclic) bond motifs is 11. The minimum atomic E-state index is 0.503. The first kappa shape index (κ1) is 33.5. The molecule has 0 aliphatic rings. The predicted octanol–water partition coefficient (Wildman–Crippen LogP) is 14.0. The molecule has 5 aromatic heterocycles. The van der Waals surface area contributed by atoms with Crippen LogP contribution in [0.5, 0.6) is 0 Å². The fourth-order valence-electron chi connectivity index (χ4n) is 9.12. The van der Waals surface area contributed by atoms with E-state index in [1.807, 2.05) is 60.8 Å². The van der Waals surface area contributed by atoms with Crippen LogP contribution >= 0.6 is 0 Å². The van der Waals surface area contributed by atoms with Gasteiger partial charge < -0.3 is 13.4 Å². The van der Waals surface area contributed by atoms with E-state index >= 15 is 0 Å². The van der Waals surface area contributed by atoms with Gasteiger partial charge in [0.05, 0.1) is 22.2 Å². The molecule has 0 saturated carbocycles. The van der Waals surface area contributed by atoms with Gasteiger partial charge in [0.1, 0.15) is 22.3 Å². The van der Waals surface area contributed by atoms with Crippen LogP contribution in [-0.2, 0) is 0 Å². The summed E-state index contributed by atoms with van der Waals surface area (Å²) in [5.74, 6) is 1.56. The zero-order valence-corrected chi connectivity index (χ0v) is 32.5. The molecular formula is C54H31N5O2. The lowest BCUT2D eigenvalue weighted by Gasteiger charge is -2.11. The van der Waals surface area contributed by atoms with Gasteiger partial charge in [0.25, 0.3) is 0 Å². The Kier molecular flexibility index (Phi) is 7.17. The molecule has 13 rings (SSSR count). The van der Waals surface area contributed by atoms with Gasteiger partial charge in [0.2, 0.25) is 0 Å². The topological polar surface area (TPSA) is 82.8 Å². The molecule has 13 aromatic rings. The zero-order chi connectivity index (χ0) is 40.0. The SMILES string of the molecule is c1ccc2c(c1)ccc1c2c2ccccc2n1-c1ccc(-c2ccc(-c3nc(-c4cccc5c4oc4ccccc45)nc(-c4cccc5c4oc4ccncc45)n3)cc2)cc1. The summed E-state index contributed by atoms with van der Waals surface area (Å²) in [4.78, 5) is 19.7. The molecule has 0 bridgehead atoms. The Bertz CT molecular complexity index is 3750. The van der Waals surface area contributed by atoms with Gasteiger partial charge in [-0.1, -0.05) is 127 Å². The fraction of sp³-hybridized carbons (Fsp3) is 0. The fourth-order valence-corrected chi connectivity index (χ4v) is 9.12. The van der Waals surface area contributed by atoms with Crippen molar-refractivity contribution < 1.29 is 8.83 Å². The highest BCUT2D eigenvalue weighted by Gasteiger charge is 2.21. The first-order valence-electron chi connectivity index (χ1n) is 20.3. The van der Waals surface area contributed by atoms with E-state index in [0.29, 0.717) is 23.1 Å². The summed E-state index contributed by atoms with van der Waals surface area (Å²) in [5, 5.41) is 8.97. The molecule has 0 N–H and O–H groups in total. The summed E-state index contributed by atoms with van der Waals surface area (Å²) < 4.78 is 15.3. The van der Waals surface area contributed by atoms with Gasteiger partial charge in [-0.15, -0.1) is 0 Å².